The molecule has 2 nitrogen and oxygen atoms in total. The smallest absolute Gasteiger partial charge is 0.132 e. The van der Waals surface area contributed by atoms with E-state index in [1.165, 1.54) is 30.5 Å². The van der Waals surface area contributed by atoms with Crippen molar-refractivity contribution in [3.63, 3.8) is 0 Å². The van der Waals surface area contributed by atoms with Crippen molar-refractivity contribution in [1.29, 1.82) is 0 Å². The van der Waals surface area contributed by atoms with E-state index in [1.54, 1.807) is 0 Å². The Kier molecular flexibility index (Phi) is 3.33. The Bertz CT molecular complexity index is 536. The van der Waals surface area contributed by atoms with Gasteiger partial charge < -0.3 is 4.90 Å². The molecule has 2 heterocycles. The summed E-state index contributed by atoms with van der Waals surface area (Å²) in [7, 11) is 0. The van der Waals surface area contributed by atoms with Gasteiger partial charge in [0.15, 0.2) is 0 Å². The van der Waals surface area contributed by atoms with E-state index in [9.17, 15) is 0 Å². The van der Waals surface area contributed by atoms with Crippen molar-refractivity contribution in [2.75, 3.05) is 11.4 Å². The van der Waals surface area contributed by atoms with Gasteiger partial charge in [0.1, 0.15) is 5.82 Å². The Hall–Kier alpha value is -1.35. The number of rotatable bonds is 1. The summed E-state index contributed by atoms with van der Waals surface area (Å²) < 4.78 is 1.02. The van der Waals surface area contributed by atoms with Gasteiger partial charge in [-0.15, -0.1) is 0 Å². The lowest BCUT2D eigenvalue weighted by Gasteiger charge is -2.23. The molecule has 0 atom stereocenters. The highest BCUT2D eigenvalue weighted by atomic mass is 79.9. The lowest BCUT2D eigenvalue weighted by Crippen LogP contribution is -2.18. The van der Waals surface area contributed by atoms with E-state index < -0.39 is 0 Å². The van der Waals surface area contributed by atoms with Gasteiger partial charge in [0.25, 0.3) is 0 Å². The maximum absolute atomic E-state index is 4.52. The molecule has 3 rings (SSSR count). The van der Waals surface area contributed by atoms with E-state index in [2.05, 4.69) is 62.2 Å². The summed E-state index contributed by atoms with van der Waals surface area (Å²) in [4.78, 5) is 6.85. The second-order valence-electron chi connectivity index (χ2n) is 4.57. The Morgan fingerprint density at radius 1 is 1.06 bits per heavy atom. The van der Waals surface area contributed by atoms with E-state index in [-0.39, 0.29) is 0 Å². The van der Waals surface area contributed by atoms with Gasteiger partial charge in [0.2, 0.25) is 0 Å². The minimum atomic E-state index is 1.02. The molecule has 0 saturated carbocycles. The largest absolute Gasteiger partial charge is 0.326 e. The second kappa shape index (κ2) is 5.11. The first-order valence-electron chi connectivity index (χ1n) is 6.31. The molecule has 0 radical (unpaired) electrons. The van der Waals surface area contributed by atoms with Crippen molar-refractivity contribution >= 4 is 27.4 Å². The Labute approximate surface area is 116 Å². The van der Waals surface area contributed by atoms with Crippen molar-refractivity contribution in [1.82, 2.24) is 4.98 Å². The highest BCUT2D eigenvalue weighted by Gasteiger charge is 2.16. The van der Waals surface area contributed by atoms with Crippen LogP contribution in [0.5, 0.6) is 0 Å². The molecule has 0 amide bonds. The molecule has 18 heavy (non-hydrogen) atoms. The molecule has 92 valence electrons. The summed E-state index contributed by atoms with van der Waals surface area (Å²) in [6.45, 7) is 1.05. The first kappa shape index (κ1) is 11.7. The number of fused-ring (bicyclic) bond motifs is 1. The summed E-state index contributed by atoms with van der Waals surface area (Å²) in [6, 6.07) is 12.8. The van der Waals surface area contributed by atoms with Crippen LogP contribution < -0.4 is 4.90 Å². The molecule has 2 aromatic rings. The van der Waals surface area contributed by atoms with E-state index >= 15 is 0 Å². The van der Waals surface area contributed by atoms with Crippen LogP contribution in [0.1, 0.15) is 18.4 Å². The molecule has 1 aliphatic heterocycles. The van der Waals surface area contributed by atoms with Gasteiger partial charge in [0, 0.05) is 22.9 Å². The quantitative estimate of drug-likeness (QED) is 0.780. The molecule has 0 aliphatic carbocycles. The number of benzene rings is 1. The molecule has 0 N–H and O–H groups in total. The van der Waals surface area contributed by atoms with Gasteiger partial charge in [-0.3, -0.25) is 0 Å². The molecular formula is C15H15BrN2. The van der Waals surface area contributed by atoms with Crippen LogP contribution in [0.3, 0.4) is 0 Å². The fourth-order valence-corrected chi connectivity index (χ4v) is 2.69. The number of hydrogen-bond acceptors (Lipinski definition) is 2. The van der Waals surface area contributed by atoms with Crippen LogP contribution in [0.2, 0.25) is 0 Å². The summed E-state index contributed by atoms with van der Waals surface area (Å²) in [5.74, 6) is 1.03. The molecule has 0 saturated heterocycles. The van der Waals surface area contributed by atoms with Crippen molar-refractivity contribution in [3.8, 4) is 0 Å². The zero-order valence-electron chi connectivity index (χ0n) is 10.1. The van der Waals surface area contributed by atoms with Crippen LogP contribution in [0.25, 0.3) is 0 Å². The standard InChI is InChI=1S/C15H15BrN2/c16-13-8-9-15(17-11-13)18-10-4-3-6-12-5-1-2-7-14(12)18/h1-2,5,7-9,11H,3-4,6,10H2. The number of pyridine rings is 1. The normalized spacial score (nSPS) is 15.1. The number of aryl methyl sites for hydroxylation is 1. The van der Waals surface area contributed by atoms with Crippen LogP contribution in [0, 0.1) is 0 Å². The number of halogens is 1. The molecule has 0 bridgehead atoms. The highest BCUT2D eigenvalue weighted by Crippen LogP contribution is 2.31. The fourth-order valence-electron chi connectivity index (χ4n) is 2.46. The second-order valence-corrected chi connectivity index (χ2v) is 5.49. The average Bonchev–Trinajstić information content (AvgIpc) is 2.62. The molecule has 0 fully saturated rings. The van der Waals surface area contributed by atoms with Crippen LogP contribution in [0.15, 0.2) is 47.1 Å². The van der Waals surface area contributed by atoms with Crippen LogP contribution in [-0.4, -0.2) is 11.5 Å². The predicted molar refractivity (Wildman–Crippen MR) is 78.3 cm³/mol. The lowest BCUT2D eigenvalue weighted by molar-refractivity contribution is 0.757. The van der Waals surface area contributed by atoms with Gasteiger partial charge >= 0.3 is 0 Å². The highest BCUT2D eigenvalue weighted by molar-refractivity contribution is 9.10. The van der Waals surface area contributed by atoms with Gasteiger partial charge in [-0.1, -0.05) is 18.2 Å². The summed E-state index contributed by atoms with van der Waals surface area (Å²) in [5, 5.41) is 0. The van der Waals surface area contributed by atoms with Crippen molar-refractivity contribution in [2.24, 2.45) is 0 Å². The maximum Gasteiger partial charge on any atom is 0.132 e. The van der Waals surface area contributed by atoms with Crippen LogP contribution in [-0.2, 0) is 6.42 Å². The van der Waals surface area contributed by atoms with Crippen molar-refractivity contribution < 1.29 is 0 Å². The Balaban J connectivity index is 2.03. The van der Waals surface area contributed by atoms with Gasteiger partial charge in [0.05, 0.1) is 0 Å². The molecule has 1 aromatic carbocycles. The molecular weight excluding hydrogens is 288 g/mol. The Morgan fingerprint density at radius 3 is 2.78 bits per heavy atom. The molecule has 1 aromatic heterocycles. The number of hydrogen-bond donors (Lipinski definition) is 0. The molecule has 0 spiro atoms. The SMILES string of the molecule is Brc1ccc(N2CCCCc3ccccc32)nc1. The average molecular weight is 303 g/mol. The molecule has 1 aliphatic rings. The minimum Gasteiger partial charge on any atom is -0.326 e. The number of para-hydroxylation sites is 1. The minimum absolute atomic E-state index is 1.02. The summed E-state index contributed by atoms with van der Waals surface area (Å²) >= 11 is 3.44. The molecule has 3 heteroatoms. The number of nitrogens with zero attached hydrogens (tertiary/aromatic N) is 2. The van der Waals surface area contributed by atoms with E-state index in [4.69, 9.17) is 0 Å². The summed E-state index contributed by atoms with van der Waals surface area (Å²) in [5.41, 5.74) is 2.74. The zero-order valence-corrected chi connectivity index (χ0v) is 11.7. The van der Waals surface area contributed by atoms with Gasteiger partial charge in [-0.05, 0) is 59.0 Å². The predicted octanol–water partition coefficient (Wildman–Crippen LogP) is 4.32. The van der Waals surface area contributed by atoms with Gasteiger partial charge in [-0.25, -0.2) is 4.98 Å². The maximum atomic E-state index is 4.52. The first-order chi connectivity index (χ1) is 8.84. The van der Waals surface area contributed by atoms with Gasteiger partial charge in [-0.2, -0.15) is 0 Å². The zero-order chi connectivity index (χ0) is 12.4. The monoisotopic (exact) mass is 302 g/mol. The first-order valence-corrected chi connectivity index (χ1v) is 7.11. The molecule has 0 unspecified atom stereocenters. The van der Waals surface area contributed by atoms with Crippen LogP contribution >= 0.6 is 15.9 Å². The van der Waals surface area contributed by atoms with E-state index in [1.807, 2.05) is 6.20 Å². The third-order valence-electron chi connectivity index (χ3n) is 3.35. The third-order valence-corrected chi connectivity index (χ3v) is 3.82. The third kappa shape index (κ3) is 2.27. The van der Waals surface area contributed by atoms with E-state index in [0.717, 1.165) is 16.8 Å². The lowest BCUT2D eigenvalue weighted by atomic mass is 10.1. The summed E-state index contributed by atoms with van der Waals surface area (Å²) in [6.07, 6.45) is 5.50. The van der Waals surface area contributed by atoms with Crippen molar-refractivity contribution in [2.45, 2.75) is 19.3 Å². The van der Waals surface area contributed by atoms with E-state index in [0.29, 0.717) is 0 Å². The van der Waals surface area contributed by atoms with Crippen LogP contribution in [0.4, 0.5) is 11.5 Å². The Morgan fingerprint density at radius 2 is 1.94 bits per heavy atom. The topological polar surface area (TPSA) is 16.1 Å². The van der Waals surface area contributed by atoms with Crippen molar-refractivity contribution in [3.05, 3.63) is 52.6 Å². The number of aromatic nitrogens is 1. The fraction of sp³-hybridized carbons (Fsp3) is 0.267. The number of anilines is 2.